The molecule has 0 aliphatic carbocycles. The summed E-state index contributed by atoms with van der Waals surface area (Å²) in [7, 11) is 0. The van der Waals surface area contributed by atoms with Crippen LogP contribution in [0.25, 0.3) is 0 Å². The van der Waals surface area contributed by atoms with Crippen molar-refractivity contribution in [1.82, 2.24) is 10.1 Å². The highest BCUT2D eigenvalue weighted by Crippen LogP contribution is 2.23. The molecule has 92 valence electrons. The molecule has 0 saturated heterocycles. The molecule has 2 aromatic rings. The number of hydrogen-bond donors (Lipinski definition) is 1. The summed E-state index contributed by atoms with van der Waals surface area (Å²) in [6, 6.07) is 3.63. The average molecular weight is 269 g/mol. The van der Waals surface area contributed by atoms with E-state index in [9.17, 15) is 0 Å². The van der Waals surface area contributed by atoms with E-state index in [-0.39, 0.29) is 6.04 Å². The van der Waals surface area contributed by atoms with Crippen LogP contribution in [0.4, 0.5) is 0 Å². The van der Waals surface area contributed by atoms with Crippen LogP contribution in [0, 0.1) is 0 Å². The molecular weight excluding hydrogens is 254 g/mol. The number of nitrogens with two attached hydrogens (primary N) is 1. The van der Waals surface area contributed by atoms with E-state index in [2.05, 4.69) is 24.0 Å². The maximum Gasteiger partial charge on any atom is 0.249 e. The highest BCUT2D eigenvalue weighted by molar-refractivity contribution is 7.99. The number of thioether (sulfide) groups is 1. The Bertz CT molecular complexity index is 453. The molecule has 17 heavy (non-hydrogen) atoms. The summed E-state index contributed by atoms with van der Waals surface area (Å²) in [6.45, 7) is 4.28. The first-order valence-corrected chi connectivity index (χ1v) is 7.32. The van der Waals surface area contributed by atoms with E-state index >= 15 is 0 Å². The summed E-state index contributed by atoms with van der Waals surface area (Å²) in [5.41, 5.74) is 6.04. The fraction of sp³-hybridized carbons (Fsp3) is 0.455. The smallest absolute Gasteiger partial charge is 0.249 e. The van der Waals surface area contributed by atoms with Crippen LogP contribution in [0.3, 0.4) is 0 Å². The van der Waals surface area contributed by atoms with Crippen LogP contribution in [0.1, 0.15) is 36.5 Å². The van der Waals surface area contributed by atoms with Crippen LogP contribution >= 0.6 is 23.1 Å². The molecule has 0 radical (unpaired) electrons. The van der Waals surface area contributed by atoms with Gasteiger partial charge in [-0.15, -0.1) is 11.3 Å². The van der Waals surface area contributed by atoms with Crippen molar-refractivity contribution < 1.29 is 4.52 Å². The second-order valence-electron chi connectivity index (χ2n) is 3.90. The standard InChI is InChI=1S/C11H15N3OS2/c1-7(2)17-6-9-13-11(15-14-9)10(12)8-4-3-5-16-8/h3-5,7,10H,6,12H2,1-2H3. The van der Waals surface area contributed by atoms with Crippen LogP contribution in [0.15, 0.2) is 22.0 Å². The van der Waals surface area contributed by atoms with Gasteiger partial charge in [0.25, 0.3) is 0 Å². The lowest BCUT2D eigenvalue weighted by Gasteiger charge is -2.02. The summed E-state index contributed by atoms with van der Waals surface area (Å²) in [4.78, 5) is 5.36. The number of hydrogen-bond acceptors (Lipinski definition) is 6. The molecule has 0 amide bonds. The lowest BCUT2D eigenvalue weighted by Crippen LogP contribution is -2.10. The lowest BCUT2D eigenvalue weighted by molar-refractivity contribution is 0.364. The molecular formula is C11H15N3OS2. The third kappa shape index (κ3) is 3.31. The van der Waals surface area contributed by atoms with Gasteiger partial charge in [-0.25, -0.2) is 0 Å². The van der Waals surface area contributed by atoms with Gasteiger partial charge in [-0.1, -0.05) is 25.1 Å². The van der Waals surface area contributed by atoms with Crippen molar-refractivity contribution >= 4 is 23.1 Å². The van der Waals surface area contributed by atoms with Gasteiger partial charge in [-0.3, -0.25) is 0 Å². The minimum Gasteiger partial charge on any atom is -0.337 e. The zero-order chi connectivity index (χ0) is 12.3. The van der Waals surface area contributed by atoms with Crippen molar-refractivity contribution in [3.8, 4) is 0 Å². The Morgan fingerprint density at radius 1 is 1.53 bits per heavy atom. The Morgan fingerprint density at radius 2 is 2.35 bits per heavy atom. The molecule has 2 N–H and O–H groups in total. The van der Waals surface area contributed by atoms with Crippen LogP contribution in [-0.4, -0.2) is 15.4 Å². The minimum absolute atomic E-state index is 0.305. The molecule has 2 heterocycles. The maximum absolute atomic E-state index is 6.04. The fourth-order valence-corrected chi connectivity index (χ4v) is 2.60. The molecule has 2 aromatic heterocycles. The largest absolute Gasteiger partial charge is 0.337 e. The quantitative estimate of drug-likeness (QED) is 0.904. The predicted octanol–water partition coefficient (Wildman–Crippen LogP) is 2.82. The van der Waals surface area contributed by atoms with Gasteiger partial charge < -0.3 is 10.3 Å². The number of rotatable bonds is 5. The van der Waals surface area contributed by atoms with Gasteiger partial charge in [0.05, 0.1) is 5.75 Å². The van der Waals surface area contributed by atoms with Gasteiger partial charge in [0.2, 0.25) is 5.89 Å². The summed E-state index contributed by atoms with van der Waals surface area (Å²) >= 11 is 3.38. The average Bonchev–Trinajstić information content (AvgIpc) is 2.97. The Hall–Kier alpha value is -0.850. The topological polar surface area (TPSA) is 64.9 Å². The number of aromatic nitrogens is 2. The van der Waals surface area contributed by atoms with Crippen LogP contribution < -0.4 is 5.73 Å². The van der Waals surface area contributed by atoms with E-state index in [4.69, 9.17) is 10.3 Å². The molecule has 0 fully saturated rings. The molecule has 0 bridgehead atoms. The fourth-order valence-electron chi connectivity index (χ4n) is 1.28. The Kier molecular flexibility index (Phi) is 4.20. The number of nitrogens with zero attached hydrogens (tertiary/aromatic N) is 2. The van der Waals surface area contributed by atoms with E-state index in [1.54, 1.807) is 23.1 Å². The highest BCUT2D eigenvalue weighted by Gasteiger charge is 2.17. The third-order valence-corrected chi connectivity index (χ3v) is 4.19. The molecule has 0 aromatic carbocycles. The van der Waals surface area contributed by atoms with E-state index in [1.807, 2.05) is 17.5 Å². The van der Waals surface area contributed by atoms with Crippen LogP contribution in [0.5, 0.6) is 0 Å². The highest BCUT2D eigenvalue weighted by atomic mass is 32.2. The van der Waals surface area contributed by atoms with Crippen molar-refractivity contribution in [2.45, 2.75) is 30.9 Å². The molecule has 0 aliphatic rings. The molecule has 1 unspecified atom stereocenters. The second kappa shape index (κ2) is 5.66. The third-order valence-electron chi connectivity index (χ3n) is 2.15. The van der Waals surface area contributed by atoms with E-state index in [0.29, 0.717) is 17.0 Å². The molecule has 0 spiro atoms. The predicted molar refractivity (Wildman–Crippen MR) is 71.1 cm³/mol. The summed E-state index contributed by atoms with van der Waals surface area (Å²) < 4.78 is 5.19. The molecule has 2 rings (SSSR count). The first kappa shape index (κ1) is 12.6. The zero-order valence-corrected chi connectivity index (χ0v) is 11.4. The minimum atomic E-state index is -0.305. The zero-order valence-electron chi connectivity index (χ0n) is 9.79. The van der Waals surface area contributed by atoms with Crippen molar-refractivity contribution in [2.75, 3.05) is 0 Å². The van der Waals surface area contributed by atoms with Crippen LogP contribution in [0.2, 0.25) is 0 Å². The van der Waals surface area contributed by atoms with Gasteiger partial charge >= 0.3 is 0 Å². The molecule has 0 saturated carbocycles. The van der Waals surface area contributed by atoms with Gasteiger partial charge in [0, 0.05) is 4.88 Å². The van der Waals surface area contributed by atoms with Crippen molar-refractivity contribution in [3.05, 3.63) is 34.1 Å². The van der Waals surface area contributed by atoms with Crippen molar-refractivity contribution in [3.63, 3.8) is 0 Å². The van der Waals surface area contributed by atoms with Gasteiger partial charge in [0.1, 0.15) is 6.04 Å². The van der Waals surface area contributed by atoms with E-state index < -0.39 is 0 Å². The molecule has 1 atom stereocenters. The Balaban J connectivity index is 2.03. The van der Waals surface area contributed by atoms with Crippen molar-refractivity contribution in [1.29, 1.82) is 0 Å². The lowest BCUT2D eigenvalue weighted by atomic mass is 10.2. The molecule has 4 nitrogen and oxygen atoms in total. The molecule has 6 heteroatoms. The molecule has 0 aliphatic heterocycles. The summed E-state index contributed by atoms with van der Waals surface area (Å²) in [5.74, 6) is 1.97. The Labute approximate surface area is 109 Å². The normalized spacial score (nSPS) is 13.2. The summed E-state index contributed by atoms with van der Waals surface area (Å²) in [5, 5.41) is 6.48. The van der Waals surface area contributed by atoms with E-state index in [1.165, 1.54) is 0 Å². The Morgan fingerprint density at radius 3 is 3.00 bits per heavy atom. The maximum atomic E-state index is 6.04. The van der Waals surface area contributed by atoms with Gasteiger partial charge in [-0.05, 0) is 16.7 Å². The second-order valence-corrected chi connectivity index (χ2v) is 6.45. The van der Waals surface area contributed by atoms with Crippen molar-refractivity contribution in [2.24, 2.45) is 5.73 Å². The first-order chi connectivity index (χ1) is 8.16. The number of thiophene rings is 1. The first-order valence-electron chi connectivity index (χ1n) is 5.40. The van der Waals surface area contributed by atoms with Gasteiger partial charge in [-0.2, -0.15) is 16.7 Å². The van der Waals surface area contributed by atoms with Gasteiger partial charge in [0.15, 0.2) is 5.82 Å². The van der Waals surface area contributed by atoms with Crippen LogP contribution in [-0.2, 0) is 5.75 Å². The SMILES string of the molecule is CC(C)SCc1noc(C(N)c2cccs2)n1. The summed E-state index contributed by atoms with van der Waals surface area (Å²) in [6.07, 6.45) is 0. The monoisotopic (exact) mass is 269 g/mol. The van der Waals surface area contributed by atoms with E-state index in [0.717, 1.165) is 10.6 Å².